The Bertz CT molecular complexity index is 1030. The van der Waals surface area contributed by atoms with Crippen LogP contribution in [0.25, 0.3) is 11.0 Å². The molecule has 1 aliphatic rings. The van der Waals surface area contributed by atoms with Gasteiger partial charge < -0.3 is 24.5 Å². The van der Waals surface area contributed by atoms with Crippen molar-refractivity contribution >= 4 is 22.7 Å². The highest BCUT2D eigenvalue weighted by atomic mass is 16.7. The first kappa shape index (κ1) is 18.2. The lowest BCUT2D eigenvalue weighted by Gasteiger charge is -2.21. The van der Waals surface area contributed by atoms with Crippen molar-refractivity contribution in [2.24, 2.45) is 0 Å². The fourth-order valence-electron chi connectivity index (χ4n) is 3.28. The zero-order valence-electron chi connectivity index (χ0n) is 15.3. The van der Waals surface area contributed by atoms with E-state index in [1.54, 1.807) is 6.92 Å². The van der Waals surface area contributed by atoms with Gasteiger partial charge in [-0.05, 0) is 19.1 Å². The number of aliphatic hydroxyl groups excluding tert-OH is 1. The minimum atomic E-state index is -0.542. The number of aromatic nitrogens is 2. The van der Waals surface area contributed by atoms with E-state index < -0.39 is 11.0 Å². The van der Waals surface area contributed by atoms with E-state index in [0.29, 0.717) is 35.9 Å². The van der Waals surface area contributed by atoms with Crippen molar-refractivity contribution in [2.75, 3.05) is 18.7 Å². The number of hydrogen-bond donors (Lipinski definition) is 2. The van der Waals surface area contributed by atoms with Crippen LogP contribution in [0.3, 0.4) is 0 Å². The molecule has 1 aromatic heterocycles. The standard InChI is InChI=1S/C19H20N4O5/c1-12(24)8-20-19-21-16-4-2-3-5-17(16)22(19)9-13-6-15(23(25)26)7-14-10-27-11-28-18(13)14/h2-7,12,24H,8-11H2,1H3,(H,20,21)/t12-/m0/s1. The third-order valence-electron chi connectivity index (χ3n) is 4.52. The van der Waals surface area contributed by atoms with E-state index in [-0.39, 0.29) is 19.1 Å². The van der Waals surface area contributed by atoms with Crippen molar-refractivity contribution in [1.29, 1.82) is 0 Å². The van der Waals surface area contributed by atoms with E-state index >= 15 is 0 Å². The number of nitrogens with one attached hydrogen (secondary N) is 1. The molecule has 1 atom stereocenters. The lowest BCUT2D eigenvalue weighted by Crippen LogP contribution is -2.19. The number of rotatable bonds is 6. The Morgan fingerprint density at radius 1 is 1.39 bits per heavy atom. The van der Waals surface area contributed by atoms with Gasteiger partial charge in [-0.15, -0.1) is 0 Å². The molecule has 1 aliphatic heterocycles. The van der Waals surface area contributed by atoms with E-state index in [4.69, 9.17) is 9.47 Å². The second-order valence-corrected chi connectivity index (χ2v) is 6.70. The highest BCUT2D eigenvalue weighted by Gasteiger charge is 2.22. The second kappa shape index (κ2) is 7.45. The molecule has 0 saturated heterocycles. The second-order valence-electron chi connectivity index (χ2n) is 6.70. The number of para-hydroxylation sites is 2. The molecule has 0 bridgehead atoms. The number of fused-ring (bicyclic) bond motifs is 2. The van der Waals surface area contributed by atoms with Crippen LogP contribution in [-0.4, -0.2) is 39.0 Å². The maximum Gasteiger partial charge on any atom is 0.270 e. The Balaban J connectivity index is 1.80. The summed E-state index contributed by atoms with van der Waals surface area (Å²) in [7, 11) is 0. The van der Waals surface area contributed by atoms with Crippen molar-refractivity contribution in [1.82, 2.24) is 9.55 Å². The summed E-state index contributed by atoms with van der Waals surface area (Å²) in [5, 5.41) is 24.1. The van der Waals surface area contributed by atoms with Crippen LogP contribution in [0.2, 0.25) is 0 Å². The molecule has 9 nitrogen and oxygen atoms in total. The summed E-state index contributed by atoms with van der Waals surface area (Å²) in [6.07, 6.45) is -0.542. The molecule has 0 radical (unpaired) electrons. The van der Waals surface area contributed by atoms with Crippen molar-refractivity contribution in [3.05, 3.63) is 57.6 Å². The third-order valence-corrected chi connectivity index (χ3v) is 4.52. The number of aliphatic hydroxyl groups is 1. The van der Waals surface area contributed by atoms with Crippen molar-refractivity contribution in [2.45, 2.75) is 26.2 Å². The molecule has 3 aromatic rings. The third kappa shape index (κ3) is 3.49. The molecule has 9 heteroatoms. The number of imidazole rings is 1. The van der Waals surface area contributed by atoms with Crippen molar-refractivity contribution in [3.63, 3.8) is 0 Å². The van der Waals surface area contributed by atoms with E-state index in [0.717, 1.165) is 11.0 Å². The molecule has 0 saturated carbocycles. The number of nitro groups is 1. The van der Waals surface area contributed by atoms with Crippen LogP contribution in [0.1, 0.15) is 18.1 Å². The Kier molecular flexibility index (Phi) is 4.84. The Labute approximate surface area is 160 Å². The summed E-state index contributed by atoms with van der Waals surface area (Å²) in [4.78, 5) is 15.5. The fourth-order valence-corrected chi connectivity index (χ4v) is 3.28. The average molecular weight is 384 g/mol. The summed E-state index contributed by atoms with van der Waals surface area (Å²) in [6, 6.07) is 10.6. The maximum absolute atomic E-state index is 11.4. The minimum absolute atomic E-state index is 0.00856. The SMILES string of the molecule is C[C@H](O)CNc1nc2ccccc2n1Cc1cc([N+](=O)[O-])cc2c1OCOC2. The van der Waals surface area contributed by atoms with E-state index in [9.17, 15) is 15.2 Å². The molecule has 28 heavy (non-hydrogen) atoms. The molecule has 2 N–H and O–H groups in total. The van der Waals surface area contributed by atoms with Gasteiger partial charge in [-0.2, -0.15) is 0 Å². The first-order valence-corrected chi connectivity index (χ1v) is 8.91. The average Bonchev–Trinajstić information content (AvgIpc) is 3.04. The molecule has 146 valence electrons. The number of nitro benzene ring substituents is 1. The number of ether oxygens (including phenoxy) is 2. The molecular formula is C19H20N4O5. The van der Waals surface area contributed by atoms with Crippen LogP contribution >= 0.6 is 0 Å². The molecule has 2 aromatic carbocycles. The summed E-state index contributed by atoms with van der Waals surface area (Å²) in [6.45, 7) is 2.72. The van der Waals surface area contributed by atoms with Gasteiger partial charge in [-0.3, -0.25) is 10.1 Å². The quantitative estimate of drug-likeness (QED) is 0.496. The number of nitrogens with zero attached hydrogens (tertiary/aromatic N) is 3. The zero-order valence-corrected chi connectivity index (χ0v) is 15.3. The van der Waals surface area contributed by atoms with Crippen molar-refractivity contribution < 1.29 is 19.5 Å². The summed E-state index contributed by atoms with van der Waals surface area (Å²) < 4.78 is 12.9. The van der Waals surface area contributed by atoms with Gasteiger partial charge in [0.2, 0.25) is 5.95 Å². The molecule has 2 heterocycles. The zero-order chi connectivity index (χ0) is 19.7. The first-order valence-electron chi connectivity index (χ1n) is 8.91. The Hall–Kier alpha value is -3.17. The monoisotopic (exact) mass is 384 g/mol. The predicted octanol–water partition coefficient (Wildman–Crippen LogP) is 2.65. The maximum atomic E-state index is 11.4. The lowest BCUT2D eigenvalue weighted by atomic mass is 10.1. The normalized spacial score (nSPS) is 14.4. The van der Waals surface area contributed by atoms with Gasteiger partial charge in [-0.25, -0.2) is 4.98 Å². The fraction of sp³-hybridized carbons (Fsp3) is 0.316. The van der Waals surface area contributed by atoms with Crippen LogP contribution in [-0.2, 0) is 17.9 Å². The highest BCUT2D eigenvalue weighted by Crippen LogP contribution is 2.34. The van der Waals surface area contributed by atoms with Crippen LogP contribution < -0.4 is 10.1 Å². The van der Waals surface area contributed by atoms with Gasteiger partial charge >= 0.3 is 0 Å². The molecule has 4 rings (SSSR count). The van der Waals surface area contributed by atoms with Crippen LogP contribution in [0, 0.1) is 10.1 Å². The summed E-state index contributed by atoms with van der Waals surface area (Å²) in [5.41, 5.74) is 2.99. The summed E-state index contributed by atoms with van der Waals surface area (Å²) >= 11 is 0. The molecular weight excluding hydrogens is 364 g/mol. The number of hydrogen-bond acceptors (Lipinski definition) is 7. The van der Waals surface area contributed by atoms with Crippen molar-refractivity contribution in [3.8, 4) is 5.75 Å². The predicted molar refractivity (Wildman–Crippen MR) is 102 cm³/mol. The summed E-state index contributed by atoms with van der Waals surface area (Å²) in [5.74, 6) is 1.19. The van der Waals surface area contributed by atoms with Crippen LogP contribution in [0.15, 0.2) is 36.4 Å². The van der Waals surface area contributed by atoms with Crippen LogP contribution in [0.4, 0.5) is 11.6 Å². The Morgan fingerprint density at radius 3 is 3.00 bits per heavy atom. The van der Waals surface area contributed by atoms with Gasteiger partial charge in [0.15, 0.2) is 6.79 Å². The molecule has 0 spiro atoms. The van der Waals surface area contributed by atoms with Gasteiger partial charge in [0.25, 0.3) is 5.69 Å². The topological polar surface area (TPSA) is 112 Å². The molecule has 0 fully saturated rings. The Morgan fingerprint density at radius 2 is 2.21 bits per heavy atom. The molecule has 0 aliphatic carbocycles. The van der Waals surface area contributed by atoms with E-state index in [1.165, 1.54) is 12.1 Å². The highest BCUT2D eigenvalue weighted by molar-refractivity contribution is 5.78. The number of non-ortho nitro benzene ring substituents is 1. The van der Waals surface area contributed by atoms with E-state index in [1.807, 2.05) is 28.8 Å². The van der Waals surface area contributed by atoms with Crippen LogP contribution in [0.5, 0.6) is 5.75 Å². The van der Waals surface area contributed by atoms with Gasteiger partial charge in [0.05, 0.1) is 35.2 Å². The van der Waals surface area contributed by atoms with Gasteiger partial charge in [-0.1, -0.05) is 12.1 Å². The van der Waals surface area contributed by atoms with Gasteiger partial charge in [0, 0.05) is 29.8 Å². The lowest BCUT2D eigenvalue weighted by molar-refractivity contribution is -0.385. The molecule has 0 unspecified atom stereocenters. The minimum Gasteiger partial charge on any atom is -0.467 e. The molecule has 0 amide bonds. The number of benzene rings is 2. The number of anilines is 1. The first-order chi connectivity index (χ1) is 13.5. The van der Waals surface area contributed by atoms with Gasteiger partial charge in [0.1, 0.15) is 5.75 Å². The smallest absolute Gasteiger partial charge is 0.270 e. The van der Waals surface area contributed by atoms with E-state index in [2.05, 4.69) is 10.3 Å². The largest absolute Gasteiger partial charge is 0.467 e.